The van der Waals surface area contributed by atoms with Crippen LogP contribution in [-0.4, -0.2) is 0 Å². The van der Waals surface area contributed by atoms with Crippen LogP contribution in [0.4, 0.5) is 0 Å². The summed E-state index contributed by atoms with van der Waals surface area (Å²) in [5, 5.41) is 0. The van der Waals surface area contributed by atoms with Gasteiger partial charge in [0.2, 0.25) is 0 Å². The molecule has 0 radical (unpaired) electrons. The molecular weight excluding hydrogens is 168 g/mol. The molecular formula is C14H42. The van der Waals surface area contributed by atoms with E-state index in [1.54, 1.807) is 0 Å². The van der Waals surface area contributed by atoms with Crippen molar-refractivity contribution in [2.24, 2.45) is 5.92 Å². The van der Waals surface area contributed by atoms with Crippen LogP contribution in [0.1, 0.15) is 91.0 Å². The highest BCUT2D eigenvalue weighted by atomic mass is 14.0. The molecule has 0 aromatic rings. The summed E-state index contributed by atoms with van der Waals surface area (Å²) < 4.78 is 0. The van der Waals surface area contributed by atoms with Gasteiger partial charge in [-0.2, -0.15) is 0 Å². The van der Waals surface area contributed by atoms with Gasteiger partial charge in [0.15, 0.2) is 0 Å². The number of hydrogen-bond donors (Lipinski definition) is 0. The first-order chi connectivity index (χ1) is 4.35. The van der Waals surface area contributed by atoms with Gasteiger partial charge in [0, 0.05) is 0 Å². The summed E-state index contributed by atoms with van der Waals surface area (Å²) in [7, 11) is 0. The quantitative estimate of drug-likeness (QED) is 0.468. The second-order valence-corrected chi connectivity index (χ2v) is 2.09. The highest BCUT2D eigenvalue weighted by molar-refractivity contribution is 4.48. The van der Waals surface area contributed by atoms with Gasteiger partial charge in [-0.3, -0.25) is 0 Å². The lowest BCUT2D eigenvalue weighted by molar-refractivity contribution is 0.477. The van der Waals surface area contributed by atoms with Crippen molar-refractivity contribution in [3.8, 4) is 0 Å². The van der Waals surface area contributed by atoms with Crippen molar-refractivity contribution in [2.45, 2.75) is 91.0 Å². The van der Waals surface area contributed by atoms with E-state index in [9.17, 15) is 0 Å². The minimum absolute atomic E-state index is 0. The zero-order valence-electron chi connectivity index (χ0n) is 7.70. The highest BCUT2D eigenvalue weighted by Crippen LogP contribution is 2.09. The molecule has 0 unspecified atom stereocenters. The first kappa shape index (κ1) is 48.3. The van der Waals surface area contributed by atoms with Gasteiger partial charge in [-0.05, 0) is 5.92 Å². The van der Waals surface area contributed by atoms with Gasteiger partial charge >= 0.3 is 0 Å². The maximum atomic E-state index is 2.26. The topological polar surface area (TPSA) is 0 Å². The van der Waals surface area contributed by atoms with E-state index in [1.807, 2.05) is 13.8 Å². The fraction of sp³-hybridized carbons (Fsp3) is 1.00. The van der Waals surface area contributed by atoms with E-state index in [4.69, 9.17) is 0 Å². The summed E-state index contributed by atoms with van der Waals surface area (Å²) in [5.74, 6) is 0.986. The lowest BCUT2D eigenvalue weighted by atomic mass is 10.0. The van der Waals surface area contributed by atoms with Crippen LogP contribution in [0.5, 0.6) is 0 Å². The predicted molar refractivity (Wildman–Crippen MR) is 79.4 cm³/mol. The summed E-state index contributed by atoms with van der Waals surface area (Å²) in [6.07, 6.45) is 4.06. The molecule has 0 saturated carbocycles. The van der Waals surface area contributed by atoms with Crippen LogP contribution in [0.3, 0.4) is 0 Å². The molecule has 0 aromatic heterocycles. The predicted octanol–water partition coefficient (Wildman–Crippen LogP) is 7.04. The van der Waals surface area contributed by atoms with Crippen molar-refractivity contribution >= 4 is 0 Å². The second kappa shape index (κ2) is 52.0. The van der Waals surface area contributed by atoms with E-state index in [1.165, 1.54) is 19.3 Å². The first-order valence-electron chi connectivity index (χ1n) is 4.35. The Kier molecular flexibility index (Phi) is 179. The van der Waals surface area contributed by atoms with Crippen LogP contribution >= 0.6 is 0 Å². The Hall–Kier alpha value is 0. The van der Waals surface area contributed by atoms with Crippen molar-refractivity contribution in [2.75, 3.05) is 0 Å². The minimum atomic E-state index is 0. The lowest BCUT2D eigenvalue weighted by Crippen LogP contribution is -1.91. The van der Waals surface area contributed by atoms with Gasteiger partial charge in [0.1, 0.15) is 0 Å². The van der Waals surface area contributed by atoms with Crippen molar-refractivity contribution in [3.05, 3.63) is 0 Å². The number of rotatable bonds is 3. The molecule has 14 heavy (non-hydrogen) atoms. The molecule has 0 atom stereocenters. The molecule has 0 aromatic carbocycles. The Labute approximate surface area is 97.5 Å². The maximum Gasteiger partial charge on any atom is -0.0422 e. The zero-order valence-corrected chi connectivity index (χ0v) is 7.70. The van der Waals surface area contributed by atoms with Crippen molar-refractivity contribution in [1.82, 2.24) is 0 Å². The molecule has 0 rings (SSSR count). The lowest BCUT2D eigenvalue weighted by Gasteiger charge is -2.05. The summed E-state index contributed by atoms with van der Waals surface area (Å²) in [4.78, 5) is 0. The molecule has 0 aliphatic carbocycles. The molecule has 0 saturated heterocycles. The average molecular weight is 210 g/mol. The molecule has 98 valence electrons. The van der Waals surface area contributed by atoms with Crippen molar-refractivity contribution in [3.63, 3.8) is 0 Å². The average Bonchev–Trinajstić information content (AvgIpc) is 1.96. The van der Waals surface area contributed by atoms with Crippen LogP contribution in [-0.2, 0) is 0 Å². The third-order valence-corrected chi connectivity index (χ3v) is 1.73. The standard InChI is InChI=1S/C7H16.C2H6.5CH4/c1-4-7(5-2)6-3;1-2;;;;;/h7H,4-6H2,1-3H3;1-2H3;5*1H4. The van der Waals surface area contributed by atoms with Crippen LogP contribution in [0.2, 0.25) is 0 Å². The van der Waals surface area contributed by atoms with E-state index in [-0.39, 0.29) is 37.1 Å². The van der Waals surface area contributed by atoms with Crippen molar-refractivity contribution < 1.29 is 0 Å². The molecule has 0 bridgehead atoms. The SMILES string of the molecule is C.C.C.C.C.CC.CCC(CC)CC. The molecule has 0 aliphatic rings. The fourth-order valence-corrected chi connectivity index (χ4v) is 0.866. The molecule has 0 spiro atoms. The summed E-state index contributed by atoms with van der Waals surface area (Å²) in [6.45, 7) is 10.8. The van der Waals surface area contributed by atoms with Gasteiger partial charge in [-0.15, -0.1) is 0 Å². The largest absolute Gasteiger partial charge is 0.0776 e. The van der Waals surface area contributed by atoms with E-state index in [0.29, 0.717) is 0 Å². The van der Waals surface area contributed by atoms with Gasteiger partial charge in [0.25, 0.3) is 0 Å². The van der Waals surface area contributed by atoms with Crippen LogP contribution in [0.15, 0.2) is 0 Å². The Morgan fingerprint density at radius 3 is 0.714 bits per heavy atom. The molecule has 0 heterocycles. The van der Waals surface area contributed by atoms with Crippen LogP contribution in [0, 0.1) is 5.92 Å². The third-order valence-electron chi connectivity index (χ3n) is 1.73. The molecule has 0 nitrogen and oxygen atoms in total. The fourth-order valence-electron chi connectivity index (χ4n) is 0.866. The van der Waals surface area contributed by atoms with E-state index < -0.39 is 0 Å². The summed E-state index contributed by atoms with van der Waals surface area (Å²) >= 11 is 0. The normalized spacial score (nSPS) is 5.57. The molecule has 0 N–H and O–H groups in total. The van der Waals surface area contributed by atoms with E-state index >= 15 is 0 Å². The van der Waals surface area contributed by atoms with Gasteiger partial charge < -0.3 is 0 Å². The van der Waals surface area contributed by atoms with Gasteiger partial charge in [-0.1, -0.05) is 91.0 Å². The first-order valence-corrected chi connectivity index (χ1v) is 4.35. The van der Waals surface area contributed by atoms with E-state index in [0.717, 1.165) is 5.92 Å². The maximum absolute atomic E-state index is 2.26. The molecule has 0 heteroatoms. The molecule has 0 aliphatic heterocycles. The Balaban J connectivity index is -0.0000000132. The zero-order chi connectivity index (χ0) is 7.70. The summed E-state index contributed by atoms with van der Waals surface area (Å²) in [5.41, 5.74) is 0. The highest BCUT2D eigenvalue weighted by Gasteiger charge is 1.95. The smallest absolute Gasteiger partial charge is 0.0422 e. The Morgan fingerprint density at radius 1 is 0.571 bits per heavy atom. The summed E-state index contributed by atoms with van der Waals surface area (Å²) in [6, 6.07) is 0. The van der Waals surface area contributed by atoms with E-state index in [2.05, 4.69) is 20.8 Å². The Morgan fingerprint density at radius 2 is 0.714 bits per heavy atom. The van der Waals surface area contributed by atoms with Gasteiger partial charge in [-0.25, -0.2) is 0 Å². The van der Waals surface area contributed by atoms with Crippen LogP contribution in [0.25, 0.3) is 0 Å². The molecule has 0 amide bonds. The van der Waals surface area contributed by atoms with Gasteiger partial charge in [0.05, 0.1) is 0 Å². The van der Waals surface area contributed by atoms with Crippen molar-refractivity contribution in [1.29, 1.82) is 0 Å². The molecule has 0 fully saturated rings. The minimum Gasteiger partial charge on any atom is -0.0776 e. The van der Waals surface area contributed by atoms with Crippen LogP contribution < -0.4 is 0 Å². The Bertz CT molecular complexity index is 21.5. The number of hydrogen-bond acceptors (Lipinski definition) is 0. The third kappa shape index (κ3) is 40.3. The second-order valence-electron chi connectivity index (χ2n) is 2.09. The monoisotopic (exact) mass is 210 g/mol.